The van der Waals surface area contributed by atoms with E-state index in [2.05, 4.69) is 6.92 Å². The lowest BCUT2D eigenvalue weighted by Gasteiger charge is -2.53. The molecule has 0 aliphatic heterocycles. The number of carbonyl (C=O) groups excluding carboxylic acids is 3. The van der Waals surface area contributed by atoms with Gasteiger partial charge in [0.25, 0.3) is 0 Å². The highest BCUT2D eigenvalue weighted by Gasteiger charge is 2.87. The Bertz CT molecular complexity index is 1150. The third kappa shape index (κ3) is 5.84. The Morgan fingerprint density at radius 2 is 1.52 bits per heavy atom. The SMILES string of the molecule is CCCCCCCCCCCCCC(=O)O[C@H]1[C@@H](C)[C@@]2(O)[C@@H](C=C(CO)C[C@@]3(O)C(=O)C(C)=C[C@@H]23)[C@@H]2C(C)(C)[C@]21OC(C)=O. The normalized spacial score (nSPS) is 36.8. The van der Waals surface area contributed by atoms with Crippen LogP contribution in [0.5, 0.6) is 0 Å². The number of Topliss-reactive ketones (excluding diaryl/α,β-unsaturated/α-hetero) is 1. The largest absolute Gasteiger partial charge is 0.458 e. The van der Waals surface area contributed by atoms with Crippen LogP contribution >= 0.6 is 0 Å². The van der Waals surface area contributed by atoms with Crippen LogP contribution in [0.3, 0.4) is 0 Å². The Kier molecular flexibility index (Phi) is 10.6. The lowest BCUT2D eigenvalue weighted by atomic mass is 9.59. The van der Waals surface area contributed by atoms with Gasteiger partial charge in [-0.25, -0.2) is 0 Å². The number of hydrogen-bond acceptors (Lipinski definition) is 8. The number of rotatable bonds is 15. The van der Waals surface area contributed by atoms with E-state index in [0.717, 1.165) is 19.3 Å². The number of carbonyl (C=O) groups is 3. The first-order valence-corrected chi connectivity index (χ1v) is 17.1. The van der Waals surface area contributed by atoms with Gasteiger partial charge < -0.3 is 24.8 Å². The van der Waals surface area contributed by atoms with E-state index in [0.29, 0.717) is 17.6 Å². The summed E-state index contributed by atoms with van der Waals surface area (Å²) in [5, 5.41) is 34.8. The fourth-order valence-electron chi connectivity index (χ4n) is 9.20. The zero-order valence-corrected chi connectivity index (χ0v) is 27.8. The fraction of sp³-hybridized carbons (Fsp3) is 0.806. The number of fused-ring (bicyclic) bond motifs is 5. The van der Waals surface area contributed by atoms with E-state index in [-0.39, 0.29) is 19.4 Å². The molecular weight excluding hydrogens is 560 g/mol. The summed E-state index contributed by atoms with van der Waals surface area (Å²) >= 11 is 0. The Balaban J connectivity index is 1.51. The fourth-order valence-corrected chi connectivity index (χ4v) is 9.20. The standard InChI is InChI=1S/C36H56O8/c1-7-8-9-10-11-12-13-14-15-16-17-18-29(39)43-32-24(3)35(42)27(30-33(5,6)36(30,32)44-25(4)38)20-26(22-37)21-34(41)28(35)19-23(2)31(34)40/h19-20,24,27-28,30,32,37,41-42H,7-18,21-22H2,1-6H3/t24-,27+,28-,30-,32+,34+,35-,36+/m1/s1. The third-order valence-electron chi connectivity index (χ3n) is 11.5. The second-order valence-corrected chi connectivity index (χ2v) is 14.7. The van der Waals surface area contributed by atoms with Gasteiger partial charge in [-0.2, -0.15) is 0 Å². The van der Waals surface area contributed by atoms with Crippen LogP contribution in [0, 0.1) is 29.1 Å². The van der Waals surface area contributed by atoms with Crippen molar-refractivity contribution in [3.05, 3.63) is 23.3 Å². The Labute approximate surface area is 263 Å². The molecule has 0 aromatic heterocycles. The molecule has 0 radical (unpaired) electrons. The Morgan fingerprint density at radius 1 is 0.955 bits per heavy atom. The number of aliphatic hydroxyl groups is 3. The van der Waals surface area contributed by atoms with E-state index in [9.17, 15) is 29.7 Å². The monoisotopic (exact) mass is 616 g/mol. The molecule has 8 heteroatoms. The first-order chi connectivity index (χ1) is 20.7. The molecule has 8 atom stereocenters. The summed E-state index contributed by atoms with van der Waals surface area (Å²) < 4.78 is 12.3. The molecule has 0 aromatic rings. The van der Waals surface area contributed by atoms with E-state index in [4.69, 9.17) is 9.47 Å². The summed E-state index contributed by atoms with van der Waals surface area (Å²) in [6.07, 6.45) is 15.4. The average Bonchev–Trinajstić information content (AvgIpc) is 3.38. The molecule has 8 nitrogen and oxygen atoms in total. The molecule has 0 unspecified atom stereocenters. The number of hydrogen-bond donors (Lipinski definition) is 3. The van der Waals surface area contributed by atoms with Crippen molar-refractivity contribution in [1.82, 2.24) is 0 Å². The second kappa shape index (κ2) is 13.4. The summed E-state index contributed by atoms with van der Waals surface area (Å²) in [6, 6.07) is 0. The molecule has 3 N–H and O–H groups in total. The van der Waals surface area contributed by atoms with Gasteiger partial charge in [0.15, 0.2) is 11.4 Å². The van der Waals surface area contributed by atoms with Crippen LogP contribution in [0.2, 0.25) is 0 Å². The Morgan fingerprint density at radius 3 is 2.07 bits per heavy atom. The van der Waals surface area contributed by atoms with Crippen molar-refractivity contribution in [3.8, 4) is 0 Å². The number of ether oxygens (including phenoxy) is 2. The summed E-state index contributed by atoms with van der Waals surface area (Å²) in [5.74, 6) is -4.29. The minimum absolute atomic E-state index is 0.108. The molecule has 0 spiro atoms. The highest BCUT2D eigenvalue weighted by atomic mass is 16.6. The number of ketones is 1. The Hall–Kier alpha value is -2.03. The van der Waals surface area contributed by atoms with Gasteiger partial charge >= 0.3 is 11.9 Å². The maximum Gasteiger partial charge on any atom is 0.306 e. The average molecular weight is 617 g/mol. The van der Waals surface area contributed by atoms with Gasteiger partial charge in [-0.15, -0.1) is 0 Å². The lowest BCUT2D eigenvalue weighted by molar-refractivity contribution is -0.228. The van der Waals surface area contributed by atoms with Crippen molar-refractivity contribution >= 4 is 17.7 Å². The summed E-state index contributed by atoms with van der Waals surface area (Å²) in [4.78, 5) is 39.1. The third-order valence-corrected chi connectivity index (χ3v) is 11.5. The van der Waals surface area contributed by atoms with Crippen LogP contribution in [0.1, 0.15) is 125 Å². The van der Waals surface area contributed by atoms with Crippen molar-refractivity contribution in [1.29, 1.82) is 0 Å². The van der Waals surface area contributed by atoms with Gasteiger partial charge in [-0.05, 0) is 24.5 Å². The molecule has 4 aliphatic rings. The first kappa shape index (κ1) is 34.8. The van der Waals surface area contributed by atoms with E-state index < -0.39 is 69.7 Å². The maximum atomic E-state index is 13.3. The van der Waals surface area contributed by atoms with E-state index >= 15 is 0 Å². The smallest absolute Gasteiger partial charge is 0.306 e. The highest BCUT2D eigenvalue weighted by molar-refractivity contribution is 6.04. The predicted molar refractivity (Wildman–Crippen MR) is 167 cm³/mol. The molecule has 0 saturated heterocycles. The van der Waals surface area contributed by atoms with Gasteiger partial charge in [0, 0.05) is 48.9 Å². The van der Waals surface area contributed by atoms with E-state index in [1.165, 1.54) is 51.9 Å². The van der Waals surface area contributed by atoms with Gasteiger partial charge in [0.05, 0.1) is 12.2 Å². The molecule has 0 amide bonds. The molecular formula is C36H56O8. The maximum absolute atomic E-state index is 13.3. The van der Waals surface area contributed by atoms with Crippen LogP contribution in [0.25, 0.3) is 0 Å². The quantitative estimate of drug-likeness (QED) is 0.120. The number of unbranched alkanes of at least 4 members (excludes halogenated alkanes) is 10. The zero-order valence-electron chi connectivity index (χ0n) is 27.8. The molecule has 0 heterocycles. The van der Waals surface area contributed by atoms with Crippen LogP contribution in [-0.2, 0) is 23.9 Å². The van der Waals surface area contributed by atoms with Crippen molar-refractivity contribution in [2.24, 2.45) is 29.1 Å². The summed E-state index contributed by atoms with van der Waals surface area (Å²) in [6.45, 7) is 10.4. The van der Waals surface area contributed by atoms with Crippen molar-refractivity contribution in [3.63, 3.8) is 0 Å². The van der Waals surface area contributed by atoms with Gasteiger partial charge in [-0.3, -0.25) is 14.4 Å². The minimum Gasteiger partial charge on any atom is -0.458 e. The number of esters is 2. The zero-order chi connectivity index (χ0) is 32.5. The molecule has 4 aliphatic carbocycles. The summed E-state index contributed by atoms with van der Waals surface area (Å²) in [5.41, 5.74) is -4.71. The van der Waals surface area contributed by atoms with E-state index in [1.807, 2.05) is 13.8 Å². The predicted octanol–water partition coefficient (Wildman–Crippen LogP) is 5.75. The molecule has 0 aromatic carbocycles. The topological polar surface area (TPSA) is 130 Å². The van der Waals surface area contributed by atoms with Gasteiger partial charge in [0.1, 0.15) is 11.7 Å². The number of aliphatic hydroxyl groups excluding tert-OH is 1. The van der Waals surface area contributed by atoms with Crippen LogP contribution in [-0.4, -0.2) is 62.6 Å². The van der Waals surface area contributed by atoms with Crippen molar-refractivity contribution in [2.45, 2.75) is 148 Å². The highest BCUT2D eigenvalue weighted by Crippen LogP contribution is 2.77. The van der Waals surface area contributed by atoms with Gasteiger partial charge in [0.2, 0.25) is 0 Å². The van der Waals surface area contributed by atoms with Crippen molar-refractivity contribution < 1.29 is 39.2 Å². The molecule has 2 saturated carbocycles. The van der Waals surface area contributed by atoms with E-state index in [1.54, 1.807) is 26.0 Å². The lowest BCUT2D eigenvalue weighted by Crippen LogP contribution is -2.66. The van der Waals surface area contributed by atoms with Gasteiger partial charge in [-0.1, -0.05) is 104 Å². The molecule has 4 rings (SSSR count). The van der Waals surface area contributed by atoms with Crippen LogP contribution in [0.4, 0.5) is 0 Å². The second-order valence-electron chi connectivity index (χ2n) is 14.7. The minimum atomic E-state index is -1.93. The molecule has 0 bridgehead atoms. The summed E-state index contributed by atoms with van der Waals surface area (Å²) in [7, 11) is 0. The first-order valence-electron chi connectivity index (χ1n) is 17.1. The van der Waals surface area contributed by atoms with Crippen LogP contribution < -0.4 is 0 Å². The van der Waals surface area contributed by atoms with Crippen molar-refractivity contribution in [2.75, 3.05) is 6.61 Å². The molecule has 44 heavy (non-hydrogen) atoms. The molecule has 248 valence electrons. The molecule has 2 fully saturated rings. The van der Waals surface area contributed by atoms with Crippen LogP contribution in [0.15, 0.2) is 23.3 Å².